The van der Waals surface area contributed by atoms with E-state index in [9.17, 15) is 36.2 Å². The lowest BCUT2D eigenvalue weighted by atomic mass is 10.1. The molecule has 0 aliphatic carbocycles. The Bertz CT molecular complexity index is 1200. The number of phenols is 1. The quantitative estimate of drug-likeness (QED) is 0.362. The van der Waals surface area contributed by atoms with Crippen molar-refractivity contribution in [3.8, 4) is 17.2 Å². The number of aromatic hydroxyl groups is 1. The van der Waals surface area contributed by atoms with Gasteiger partial charge in [-0.25, -0.2) is 0 Å². The molecule has 180 valence electrons. The van der Waals surface area contributed by atoms with Crippen LogP contribution in [-0.2, 0) is 12.8 Å². The normalized spacial score (nSPS) is 11.7. The minimum absolute atomic E-state index is 0.101. The molecule has 0 aliphatic heterocycles. The molecule has 3 aromatic carbocycles. The Kier molecular flexibility index (Phi) is 7.15. The summed E-state index contributed by atoms with van der Waals surface area (Å²) in [7, 11) is 0. The number of carbonyl (C=O) groups is 1. The highest BCUT2D eigenvalue weighted by atomic mass is 35.5. The van der Waals surface area contributed by atoms with Crippen molar-refractivity contribution in [1.82, 2.24) is 0 Å². The molecule has 0 aliphatic rings. The largest absolute Gasteiger partial charge is 0.573 e. The first-order valence-corrected chi connectivity index (χ1v) is 9.68. The molecule has 0 spiro atoms. The van der Waals surface area contributed by atoms with E-state index < -0.39 is 35.5 Å². The lowest BCUT2D eigenvalue weighted by Crippen LogP contribution is -2.17. The fraction of sp³-hybridized carbons (Fsp3) is 0.136. The van der Waals surface area contributed by atoms with Crippen LogP contribution in [0.15, 0.2) is 60.7 Å². The van der Waals surface area contributed by atoms with Crippen molar-refractivity contribution in [2.75, 3.05) is 5.32 Å². The van der Waals surface area contributed by atoms with E-state index in [0.29, 0.717) is 12.1 Å². The number of hydrogen-bond acceptors (Lipinski definition) is 4. The predicted molar refractivity (Wildman–Crippen MR) is 110 cm³/mol. The van der Waals surface area contributed by atoms with E-state index in [0.717, 1.165) is 30.3 Å². The number of anilines is 1. The number of phenolic OH excluding ortho intramolecular Hbond substituents is 1. The van der Waals surface area contributed by atoms with E-state index in [1.165, 1.54) is 18.2 Å². The summed E-state index contributed by atoms with van der Waals surface area (Å²) >= 11 is 5.81. The second-order valence-electron chi connectivity index (χ2n) is 6.81. The number of carbonyl (C=O) groups excluding carboxylic acids is 1. The second-order valence-corrected chi connectivity index (χ2v) is 7.24. The monoisotopic (exact) mass is 505 g/mol. The van der Waals surface area contributed by atoms with Gasteiger partial charge < -0.3 is 19.9 Å². The molecule has 5 nitrogen and oxygen atoms in total. The highest BCUT2D eigenvalue weighted by molar-refractivity contribution is 6.31. The first-order chi connectivity index (χ1) is 15.8. The van der Waals surface area contributed by atoms with Crippen LogP contribution in [0.2, 0.25) is 5.02 Å². The van der Waals surface area contributed by atoms with Crippen molar-refractivity contribution in [3.05, 3.63) is 82.4 Å². The fourth-order valence-electron chi connectivity index (χ4n) is 2.80. The van der Waals surface area contributed by atoms with Crippen molar-refractivity contribution in [3.63, 3.8) is 0 Å². The zero-order valence-corrected chi connectivity index (χ0v) is 17.6. The van der Waals surface area contributed by atoms with E-state index in [1.54, 1.807) is 0 Å². The van der Waals surface area contributed by atoms with Crippen LogP contribution in [0.25, 0.3) is 0 Å². The van der Waals surface area contributed by atoms with Crippen molar-refractivity contribution in [2.45, 2.75) is 19.1 Å². The number of halogens is 7. The lowest BCUT2D eigenvalue weighted by molar-refractivity contribution is -0.274. The van der Waals surface area contributed by atoms with Gasteiger partial charge in [0, 0.05) is 5.02 Å². The highest BCUT2D eigenvalue weighted by Crippen LogP contribution is 2.36. The summed E-state index contributed by atoms with van der Waals surface area (Å²) in [6.45, 7) is -0.355. The smallest absolute Gasteiger partial charge is 0.507 e. The molecule has 3 aromatic rings. The van der Waals surface area contributed by atoms with E-state index in [1.807, 2.05) is 0 Å². The maximum absolute atomic E-state index is 13.2. The average Bonchev–Trinajstić information content (AvgIpc) is 2.73. The summed E-state index contributed by atoms with van der Waals surface area (Å²) in [5, 5.41) is 12.2. The third kappa shape index (κ3) is 6.70. The molecule has 0 radical (unpaired) electrons. The van der Waals surface area contributed by atoms with Gasteiger partial charge >= 0.3 is 12.5 Å². The van der Waals surface area contributed by atoms with Crippen LogP contribution in [-0.4, -0.2) is 17.4 Å². The predicted octanol–water partition coefficient (Wildman–Crippen LogP) is 6.79. The number of benzene rings is 3. The number of nitrogens with one attached hydrogen (secondary N) is 1. The molecule has 1 amide bonds. The number of hydrogen-bond donors (Lipinski definition) is 2. The summed E-state index contributed by atoms with van der Waals surface area (Å²) in [6, 6.07) is 10.6. The molecule has 0 saturated heterocycles. The van der Waals surface area contributed by atoms with Gasteiger partial charge in [-0.2, -0.15) is 13.2 Å². The zero-order chi connectivity index (χ0) is 25.1. The molecule has 34 heavy (non-hydrogen) atoms. The van der Waals surface area contributed by atoms with Gasteiger partial charge in [0.2, 0.25) is 0 Å². The van der Waals surface area contributed by atoms with E-state index in [-0.39, 0.29) is 34.2 Å². The second kappa shape index (κ2) is 9.72. The molecule has 3 rings (SSSR count). The Morgan fingerprint density at radius 2 is 1.71 bits per heavy atom. The van der Waals surface area contributed by atoms with Gasteiger partial charge in [0.15, 0.2) is 0 Å². The van der Waals surface area contributed by atoms with Crippen molar-refractivity contribution >= 4 is 23.2 Å². The minimum atomic E-state index is -4.91. The molecule has 0 fully saturated rings. The number of amides is 1. The summed E-state index contributed by atoms with van der Waals surface area (Å²) < 4.78 is 86.1. The number of alkyl halides is 6. The van der Waals surface area contributed by atoms with Gasteiger partial charge in [0.1, 0.15) is 23.9 Å². The Hall–Kier alpha value is -3.60. The minimum Gasteiger partial charge on any atom is -0.507 e. The summed E-state index contributed by atoms with van der Waals surface area (Å²) in [5.41, 5.74) is -1.56. The van der Waals surface area contributed by atoms with Gasteiger partial charge in [-0.1, -0.05) is 23.7 Å². The van der Waals surface area contributed by atoms with Crippen LogP contribution in [0.4, 0.5) is 32.0 Å². The summed E-state index contributed by atoms with van der Waals surface area (Å²) in [6.07, 6.45) is -9.64. The van der Waals surface area contributed by atoms with Crippen molar-refractivity contribution < 1.29 is 45.7 Å². The molecule has 0 unspecified atom stereocenters. The van der Waals surface area contributed by atoms with Crippen molar-refractivity contribution in [1.29, 1.82) is 0 Å². The Morgan fingerprint density at radius 1 is 0.971 bits per heavy atom. The Labute approximate surface area is 193 Å². The Morgan fingerprint density at radius 3 is 2.38 bits per heavy atom. The molecule has 12 heteroatoms. The Balaban J connectivity index is 1.87. The van der Waals surface area contributed by atoms with Crippen LogP contribution < -0.4 is 14.8 Å². The van der Waals surface area contributed by atoms with E-state index in [2.05, 4.69) is 10.1 Å². The zero-order valence-electron chi connectivity index (χ0n) is 16.8. The number of ether oxygens (including phenoxy) is 2. The number of rotatable bonds is 6. The molecule has 0 saturated carbocycles. The third-order valence-corrected chi connectivity index (χ3v) is 4.52. The molecule has 0 heterocycles. The molecular formula is C22H14ClF6NO4. The summed E-state index contributed by atoms with van der Waals surface area (Å²) in [4.78, 5) is 12.6. The average molecular weight is 506 g/mol. The van der Waals surface area contributed by atoms with Gasteiger partial charge in [0.05, 0.1) is 16.8 Å². The van der Waals surface area contributed by atoms with Crippen LogP contribution in [0.1, 0.15) is 21.5 Å². The van der Waals surface area contributed by atoms with Crippen LogP contribution >= 0.6 is 11.6 Å². The SMILES string of the molecule is O=C(Nc1cc(C(F)(F)F)ccc1OCc1cccc(OC(F)(F)F)c1)c1cc(Cl)ccc1O. The van der Waals surface area contributed by atoms with E-state index >= 15 is 0 Å². The van der Waals surface area contributed by atoms with Gasteiger partial charge in [0.25, 0.3) is 5.91 Å². The van der Waals surface area contributed by atoms with Crippen LogP contribution in [0.3, 0.4) is 0 Å². The topological polar surface area (TPSA) is 67.8 Å². The third-order valence-electron chi connectivity index (χ3n) is 4.28. The van der Waals surface area contributed by atoms with Crippen molar-refractivity contribution in [2.24, 2.45) is 0 Å². The molecule has 2 N–H and O–H groups in total. The van der Waals surface area contributed by atoms with Crippen LogP contribution in [0, 0.1) is 0 Å². The maximum atomic E-state index is 13.2. The maximum Gasteiger partial charge on any atom is 0.573 e. The van der Waals surface area contributed by atoms with Gasteiger partial charge in [-0.3, -0.25) is 4.79 Å². The first kappa shape index (κ1) is 25.0. The van der Waals surface area contributed by atoms with Crippen LogP contribution in [0.5, 0.6) is 17.2 Å². The molecule has 0 aromatic heterocycles. The molecular weight excluding hydrogens is 492 g/mol. The molecule has 0 atom stereocenters. The first-order valence-electron chi connectivity index (χ1n) is 9.30. The summed E-state index contributed by atoms with van der Waals surface area (Å²) in [5.74, 6) is -2.14. The van der Waals surface area contributed by atoms with E-state index in [4.69, 9.17) is 16.3 Å². The lowest BCUT2D eigenvalue weighted by Gasteiger charge is -2.16. The highest BCUT2D eigenvalue weighted by Gasteiger charge is 2.32. The fourth-order valence-corrected chi connectivity index (χ4v) is 2.98. The standard InChI is InChI=1S/C22H14ClF6NO4/c23-14-5-6-18(31)16(10-14)20(32)30-17-9-13(21(24,25)26)4-7-19(17)33-11-12-2-1-3-15(8-12)34-22(27,28)29/h1-10,31H,11H2,(H,30,32). The molecule has 0 bridgehead atoms. The van der Waals surface area contributed by atoms with Gasteiger partial charge in [-0.05, 0) is 54.1 Å². The van der Waals surface area contributed by atoms with Gasteiger partial charge in [-0.15, -0.1) is 13.2 Å².